The van der Waals surface area contributed by atoms with Crippen molar-refractivity contribution in [1.82, 2.24) is 24.5 Å². The Kier molecular flexibility index (Phi) is 10.8. The fraction of sp³-hybridized carbons (Fsp3) is 0. The van der Waals surface area contributed by atoms with Crippen LogP contribution in [0.5, 0.6) is 0 Å². The first-order chi connectivity index (χ1) is 35.1. The fourth-order valence-corrected chi connectivity index (χ4v) is 9.40. The lowest BCUT2D eigenvalue weighted by Crippen LogP contribution is -2.02. The van der Waals surface area contributed by atoms with Crippen molar-refractivity contribution in [3.63, 3.8) is 0 Å². The third-order valence-corrected chi connectivity index (χ3v) is 12.9. The SMILES string of the molecule is N#Cc1cccc(-c2ccc3c(c2)c2cc(-c4cccc(C#N)c4)ccc2n3-c2ccc(-c3cc(-c4ccccc4)nc(-c4ccccc4)n3)cc2-c2cc(-c3ccccc3)nc(-c3ccccc3)n2)c1. The van der Waals surface area contributed by atoms with E-state index < -0.39 is 0 Å². The highest BCUT2D eigenvalue weighted by Crippen LogP contribution is 2.42. The largest absolute Gasteiger partial charge is 0.309 e. The number of fused-ring (bicyclic) bond motifs is 3. The highest BCUT2D eigenvalue weighted by atomic mass is 15.0. The van der Waals surface area contributed by atoms with Crippen molar-refractivity contribution in [1.29, 1.82) is 10.5 Å². The molecule has 3 aromatic heterocycles. The molecule has 0 atom stereocenters. The molecule has 0 aliphatic carbocycles. The average Bonchev–Trinajstić information content (AvgIpc) is 3.78. The number of benzene rings is 9. The molecule has 0 N–H and O–H groups in total. The average molecular weight is 906 g/mol. The Morgan fingerprint density at radius 1 is 0.296 bits per heavy atom. The van der Waals surface area contributed by atoms with Crippen molar-refractivity contribution in [3.8, 4) is 108 Å². The van der Waals surface area contributed by atoms with Gasteiger partial charge in [-0.1, -0.05) is 164 Å². The van der Waals surface area contributed by atoms with Crippen molar-refractivity contribution in [2.24, 2.45) is 0 Å². The van der Waals surface area contributed by atoms with E-state index in [9.17, 15) is 10.5 Å². The van der Waals surface area contributed by atoms with Crippen LogP contribution in [0, 0.1) is 22.7 Å². The molecule has 9 aromatic carbocycles. The lowest BCUT2D eigenvalue weighted by Gasteiger charge is -2.17. The van der Waals surface area contributed by atoms with Crippen LogP contribution >= 0.6 is 0 Å². The van der Waals surface area contributed by atoms with Crippen LogP contribution in [0.15, 0.2) is 237 Å². The summed E-state index contributed by atoms with van der Waals surface area (Å²) in [6.07, 6.45) is 0. The molecular weight excluding hydrogens is 867 g/mol. The van der Waals surface area contributed by atoms with Gasteiger partial charge in [-0.15, -0.1) is 0 Å². The first-order valence-electron chi connectivity index (χ1n) is 23.3. The quantitative estimate of drug-likeness (QED) is 0.143. The number of nitrogens with zero attached hydrogens (tertiary/aromatic N) is 7. The van der Waals surface area contributed by atoms with Gasteiger partial charge >= 0.3 is 0 Å². The monoisotopic (exact) mass is 905 g/mol. The van der Waals surface area contributed by atoms with Gasteiger partial charge in [0.1, 0.15) is 0 Å². The van der Waals surface area contributed by atoms with Gasteiger partial charge in [0.05, 0.1) is 62.8 Å². The van der Waals surface area contributed by atoms with Gasteiger partial charge in [-0.05, 0) is 95.1 Å². The maximum Gasteiger partial charge on any atom is 0.160 e. The molecule has 7 heteroatoms. The second kappa shape index (κ2) is 18.2. The highest BCUT2D eigenvalue weighted by Gasteiger charge is 2.22. The van der Waals surface area contributed by atoms with E-state index in [1.165, 1.54) is 0 Å². The summed E-state index contributed by atoms with van der Waals surface area (Å²) < 4.78 is 2.33. The van der Waals surface area contributed by atoms with E-state index in [2.05, 4.69) is 108 Å². The minimum absolute atomic E-state index is 0.597. The van der Waals surface area contributed by atoms with Crippen LogP contribution in [0.25, 0.3) is 118 Å². The number of aromatic nitrogens is 5. The van der Waals surface area contributed by atoms with Crippen LogP contribution in [-0.4, -0.2) is 24.5 Å². The van der Waals surface area contributed by atoms with Gasteiger partial charge in [0, 0.05) is 44.2 Å². The highest BCUT2D eigenvalue weighted by molar-refractivity contribution is 6.12. The number of hydrogen-bond donors (Lipinski definition) is 0. The lowest BCUT2D eigenvalue weighted by atomic mass is 9.99. The zero-order valence-electron chi connectivity index (χ0n) is 38.1. The summed E-state index contributed by atoms with van der Waals surface area (Å²) in [4.78, 5) is 21.0. The summed E-state index contributed by atoms with van der Waals surface area (Å²) in [6.45, 7) is 0. The smallest absolute Gasteiger partial charge is 0.160 e. The van der Waals surface area contributed by atoms with Crippen molar-refractivity contribution in [3.05, 3.63) is 248 Å². The van der Waals surface area contributed by atoms with Crippen LogP contribution in [0.4, 0.5) is 0 Å². The Morgan fingerprint density at radius 2 is 0.676 bits per heavy atom. The molecular formula is C64H39N7. The molecule has 0 saturated carbocycles. The standard InChI is InChI=1S/C64H39N7/c65-40-42-15-13-25-48(33-42)50-27-30-60-53(35-50)54-36-51(49-26-14-16-43(34-49)41-66)28-31-61(54)71(60)62-32-29-52(58-38-56(44-17-5-1-6-18-44)67-63(69-58)46-21-9-3-10-22-46)37-55(62)59-39-57(45-19-7-2-8-20-45)68-64(70-59)47-23-11-4-12-24-47/h1-39H. The summed E-state index contributed by atoms with van der Waals surface area (Å²) >= 11 is 0. The predicted octanol–water partition coefficient (Wildman–Crippen LogP) is 15.4. The van der Waals surface area contributed by atoms with Crippen molar-refractivity contribution in [2.75, 3.05) is 0 Å². The van der Waals surface area contributed by atoms with E-state index in [0.29, 0.717) is 22.8 Å². The predicted molar refractivity (Wildman–Crippen MR) is 285 cm³/mol. The van der Waals surface area contributed by atoms with E-state index in [0.717, 1.165) is 106 Å². The van der Waals surface area contributed by atoms with Gasteiger partial charge in [0.25, 0.3) is 0 Å². The summed E-state index contributed by atoms with van der Waals surface area (Å²) in [7, 11) is 0. The summed E-state index contributed by atoms with van der Waals surface area (Å²) in [5.74, 6) is 1.23. The summed E-state index contributed by atoms with van der Waals surface area (Å²) in [5, 5.41) is 21.7. The van der Waals surface area contributed by atoms with Gasteiger partial charge in [-0.2, -0.15) is 10.5 Å². The van der Waals surface area contributed by atoms with Gasteiger partial charge < -0.3 is 4.57 Å². The van der Waals surface area contributed by atoms with Crippen LogP contribution in [0.3, 0.4) is 0 Å². The number of hydrogen-bond acceptors (Lipinski definition) is 6. The van der Waals surface area contributed by atoms with Crippen LogP contribution in [0.1, 0.15) is 11.1 Å². The Labute approximate surface area is 410 Å². The first kappa shape index (κ1) is 42.3. The molecule has 330 valence electrons. The van der Waals surface area contributed by atoms with Crippen molar-refractivity contribution < 1.29 is 0 Å². The summed E-state index contributed by atoms with van der Waals surface area (Å²) in [5.41, 5.74) is 16.6. The molecule has 0 amide bonds. The molecule has 0 aliphatic heterocycles. The van der Waals surface area contributed by atoms with Gasteiger partial charge in [-0.3, -0.25) is 0 Å². The van der Waals surface area contributed by atoms with Gasteiger partial charge in [0.15, 0.2) is 11.6 Å². The zero-order valence-corrected chi connectivity index (χ0v) is 38.1. The minimum atomic E-state index is 0.597. The molecule has 7 nitrogen and oxygen atoms in total. The molecule has 71 heavy (non-hydrogen) atoms. The second-order valence-electron chi connectivity index (χ2n) is 17.3. The fourth-order valence-electron chi connectivity index (χ4n) is 9.40. The number of nitriles is 2. The second-order valence-corrected chi connectivity index (χ2v) is 17.3. The maximum absolute atomic E-state index is 9.85. The van der Waals surface area contributed by atoms with E-state index in [1.54, 1.807) is 0 Å². The van der Waals surface area contributed by atoms with E-state index in [-0.39, 0.29) is 0 Å². The molecule has 0 fully saturated rings. The Hall–Kier alpha value is -10.1. The first-order valence-corrected chi connectivity index (χ1v) is 23.3. The van der Waals surface area contributed by atoms with Crippen LogP contribution < -0.4 is 0 Å². The normalized spacial score (nSPS) is 11.1. The van der Waals surface area contributed by atoms with Crippen molar-refractivity contribution in [2.45, 2.75) is 0 Å². The summed E-state index contributed by atoms with van der Waals surface area (Å²) in [6, 6.07) is 84.4. The van der Waals surface area contributed by atoms with Crippen LogP contribution in [0.2, 0.25) is 0 Å². The topological polar surface area (TPSA) is 104 Å². The third kappa shape index (κ3) is 8.16. The molecule has 0 saturated heterocycles. The molecule has 3 heterocycles. The molecule has 12 aromatic rings. The van der Waals surface area contributed by atoms with E-state index >= 15 is 0 Å². The zero-order chi connectivity index (χ0) is 47.7. The van der Waals surface area contributed by atoms with Crippen LogP contribution in [-0.2, 0) is 0 Å². The van der Waals surface area contributed by atoms with Gasteiger partial charge in [-0.25, -0.2) is 19.9 Å². The van der Waals surface area contributed by atoms with E-state index in [4.69, 9.17) is 19.9 Å². The molecule has 0 unspecified atom stereocenters. The number of rotatable bonds is 9. The maximum atomic E-state index is 9.85. The third-order valence-electron chi connectivity index (χ3n) is 12.9. The molecule has 0 radical (unpaired) electrons. The molecule has 0 bridgehead atoms. The minimum Gasteiger partial charge on any atom is -0.309 e. The lowest BCUT2D eigenvalue weighted by molar-refractivity contribution is 1.15. The van der Waals surface area contributed by atoms with E-state index in [1.807, 2.05) is 146 Å². The Balaban J connectivity index is 1.15. The molecule has 0 spiro atoms. The molecule has 12 rings (SSSR count). The Morgan fingerprint density at radius 3 is 1.14 bits per heavy atom. The van der Waals surface area contributed by atoms with Crippen molar-refractivity contribution >= 4 is 21.8 Å². The Bertz CT molecular complexity index is 3830. The molecule has 0 aliphatic rings. The van der Waals surface area contributed by atoms with Gasteiger partial charge in [0.2, 0.25) is 0 Å².